The van der Waals surface area contributed by atoms with Gasteiger partial charge in [0.25, 0.3) is 0 Å². The second kappa shape index (κ2) is 7.66. The molecule has 3 aromatic rings. The lowest BCUT2D eigenvalue weighted by atomic mass is 9.90. The number of oxime groups is 1. The zero-order chi connectivity index (χ0) is 22.5. The fraction of sp³-hybridized carbons (Fsp3) is 0.333. The third-order valence-electron chi connectivity index (χ3n) is 6.96. The van der Waals surface area contributed by atoms with Crippen molar-refractivity contribution in [2.75, 3.05) is 0 Å². The second-order valence-electron chi connectivity index (χ2n) is 9.22. The Kier molecular flexibility index (Phi) is 4.92. The highest BCUT2D eigenvalue weighted by Crippen LogP contribution is 2.50. The van der Waals surface area contributed by atoms with E-state index >= 15 is 0 Å². The summed E-state index contributed by atoms with van der Waals surface area (Å²) in [7, 11) is 0. The lowest BCUT2D eigenvalue weighted by Gasteiger charge is -2.24. The molecule has 1 aromatic heterocycles. The molecule has 32 heavy (non-hydrogen) atoms. The van der Waals surface area contributed by atoms with Crippen LogP contribution in [0.2, 0.25) is 0 Å². The molecule has 2 aliphatic carbocycles. The van der Waals surface area contributed by atoms with Crippen LogP contribution in [0.25, 0.3) is 0 Å². The number of nitrogens with zero attached hydrogens (tertiary/aromatic N) is 1. The molecule has 0 aliphatic heterocycles. The lowest BCUT2D eigenvalue weighted by molar-refractivity contribution is -0.124. The van der Waals surface area contributed by atoms with E-state index in [4.69, 9.17) is 4.42 Å². The highest BCUT2D eigenvalue weighted by Gasteiger charge is 2.52. The average molecular weight is 429 g/mol. The highest BCUT2D eigenvalue weighted by molar-refractivity contribution is 6.04. The van der Waals surface area contributed by atoms with E-state index in [1.807, 2.05) is 31.2 Å². The summed E-state index contributed by atoms with van der Waals surface area (Å²) in [5.74, 6) is 1.60. The Hall–Kier alpha value is -3.34. The molecule has 1 unspecified atom stereocenters. The summed E-state index contributed by atoms with van der Waals surface area (Å²) < 4.78 is 5.96. The molecule has 1 fully saturated rings. The number of benzene rings is 2. The number of hydrogen-bond donors (Lipinski definition) is 2. The third-order valence-corrected chi connectivity index (χ3v) is 6.96. The molecule has 1 amide bonds. The zero-order valence-electron chi connectivity index (χ0n) is 18.7. The smallest absolute Gasteiger partial charge is 0.231 e. The van der Waals surface area contributed by atoms with Gasteiger partial charge in [-0.25, -0.2) is 0 Å². The summed E-state index contributed by atoms with van der Waals surface area (Å²) >= 11 is 0. The van der Waals surface area contributed by atoms with Crippen LogP contribution in [0.15, 0.2) is 58.1 Å². The molecule has 5 nitrogen and oxygen atoms in total. The molecule has 2 aliphatic rings. The normalized spacial score (nSPS) is 18.4. The van der Waals surface area contributed by atoms with Gasteiger partial charge in [0, 0.05) is 5.56 Å². The molecule has 0 radical (unpaired) electrons. The summed E-state index contributed by atoms with van der Waals surface area (Å²) in [5, 5.41) is 16.0. The molecular weight excluding hydrogens is 400 g/mol. The Morgan fingerprint density at radius 1 is 1.06 bits per heavy atom. The zero-order valence-corrected chi connectivity index (χ0v) is 18.7. The first-order valence-electron chi connectivity index (χ1n) is 11.2. The molecule has 1 saturated carbocycles. The van der Waals surface area contributed by atoms with Crippen molar-refractivity contribution in [3.8, 4) is 0 Å². The van der Waals surface area contributed by atoms with Crippen LogP contribution in [0, 0.1) is 20.8 Å². The van der Waals surface area contributed by atoms with Crippen LogP contribution in [-0.4, -0.2) is 16.8 Å². The first-order valence-corrected chi connectivity index (χ1v) is 11.2. The van der Waals surface area contributed by atoms with Gasteiger partial charge in [-0.15, -0.1) is 0 Å². The van der Waals surface area contributed by atoms with Crippen molar-refractivity contribution in [2.24, 2.45) is 5.16 Å². The van der Waals surface area contributed by atoms with Crippen LogP contribution < -0.4 is 5.32 Å². The lowest BCUT2D eigenvalue weighted by Crippen LogP contribution is -2.38. The number of fused-ring (bicyclic) bond motifs is 1. The van der Waals surface area contributed by atoms with Crippen molar-refractivity contribution in [1.29, 1.82) is 0 Å². The van der Waals surface area contributed by atoms with Gasteiger partial charge in [0.2, 0.25) is 5.91 Å². The largest absolute Gasteiger partial charge is 0.464 e. The first-order chi connectivity index (χ1) is 15.4. The Balaban J connectivity index is 1.47. The molecule has 0 bridgehead atoms. The minimum absolute atomic E-state index is 0.0329. The summed E-state index contributed by atoms with van der Waals surface area (Å²) in [6.45, 7) is 6.06. The standard InChI is InChI=1S/C27H28N2O3/c1-16-4-8-21(17(2)14-16)25(24-11-5-18(3)32-24)28-26(30)27(12-13-27)20-7-9-22-19(15-20)6-10-23(22)29-31/h4-5,7-9,11,14-15,25,31H,6,10,12-13H2,1-3H3,(H,28,30)/b29-23+. The van der Waals surface area contributed by atoms with Crippen LogP contribution in [0.4, 0.5) is 0 Å². The van der Waals surface area contributed by atoms with Crippen molar-refractivity contribution in [3.05, 3.63) is 93.4 Å². The van der Waals surface area contributed by atoms with Gasteiger partial charge in [-0.05, 0) is 80.8 Å². The van der Waals surface area contributed by atoms with Gasteiger partial charge >= 0.3 is 0 Å². The molecule has 2 aromatic carbocycles. The highest BCUT2D eigenvalue weighted by atomic mass is 16.4. The van der Waals surface area contributed by atoms with E-state index in [1.54, 1.807) is 0 Å². The van der Waals surface area contributed by atoms with Gasteiger partial charge < -0.3 is 14.9 Å². The van der Waals surface area contributed by atoms with Crippen LogP contribution in [0.3, 0.4) is 0 Å². The molecule has 5 heteroatoms. The van der Waals surface area contributed by atoms with Crippen LogP contribution in [-0.2, 0) is 16.6 Å². The van der Waals surface area contributed by atoms with Gasteiger partial charge in [-0.2, -0.15) is 0 Å². The molecule has 5 rings (SSSR count). The minimum Gasteiger partial charge on any atom is -0.464 e. The third kappa shape index (κ3) is 3.42. The number of nitrogens with one attached hydrogen (secondary N) is 1. The summed E-state index contributed by atoms with van der Waals surface area (Å²) in [4.78, 5) is 13.7. The van der Waals surface area contributed by atoms with Crippen molar-refractivity contribution in [2.45, 2.75) is 57.9 Å². The van der Waals surface area contributed by atoms with Crippen LogP contribution in [0.5, 0.6) is 0 Å². The van der Waals surface area contributed by atoms with Gasteiger partial charge in [0.15, 0.2) is 0 Å². The maximum Gasteiger partial charge on any atom is 0.231 e. The summed E-state index contributed by atoms with van der Waals surface area (Å²) in [6, 6.07) is 16.0. The van der Waals surface area contributed by atoms with Gasteiger partial charge in [-0.1, -0.05) is 47.1 Å². The topological polar surface area (TPSA) is 74.8 Å². The number of amides is 1. The average Bonchev–Trinajstić information content (AvgIpc) is 3.32. The van der Waals surface area contributed by atoms with E-state index in [-0.39, 0.29) is 11.9 Å². The Labute approximate surface area is 188 Å². The summed E-state index contributed by atoms with van der Waals surface area (Å²) in [5.41, 5.74) is 6.77. The Morgan fingerprint density at radius 2 is 1.88 bits per heavy atom. The van der Waals surface area contributed by atoms with Crippen molar-refractivity contribution in [1.82, 2.24) is 5.32 Å². The SMILES string of the molecule is Cc1ccc(C(NC(=O)C2(c3ccc4c(c3)CC/C4=N\O)CC2)c2ccc(C)o2)c(C)c1. The van der Waals surface area contributed by atoms with E-state index in [0.29, 0.717) is 0 Å². The van der Waals surface area contributed by atoms with Gasteiger partial charge in [0.1, 0.15) is 17.6 Å². The van der Waals surface area contributed by atoms with Crippen LogP contribution in [0.1, 0.15) is 70.2 Å². The second-order valence-corrected chi connectivity index (χ2v) is 9.22. The number of carbonyl (C=O) groups excluding carboxylic acids is 1. The predicted octanol–water partition coefficient (Wildman–Crippen LogP) is 5.27. The van der Waals surface area contributed by atoms with Crippen molar-refractivity contribution in [3.63, 3.8) is 0 Å². The number of carbonyl (C=O) groups is 1. The quantitative estimate of drug-likeness (QED) is 0.430. The summed E-state index contributed by atoms with van der Waals surface area (Å²) in [6.07, 6.45) is 3.24. The fourth-order valence-corrected chi connectivity index (χ4v) is 4.97. The number of furan rings is 1. The first kappa shape index (κ1) is 20.6. The van der Waals surface area contributed by atoms with Gasteiger partial charge in [0.05, 0.1) is 11.1 Å². The number of hydrogen-bond acceptors (Lipinski definition) is 4. The van der Waals surface area contributed by atoms with E-state index in [0.717, 1.165) is 70.7 Å². The molecule has 1 atom stereocenters. The Morgan fingerprint density at radius 3 is 2.53 bits per heavy atom. The molecular formula is C27H28N2O3. The maximum absolute atomic E-state index is 13.7. The van der Waals surface area contributed by atoms with Crippen LogP contribution >= 0.6 is 0 Å². The number of aryl methyl sites for hydroxylation is 4. The molecule has 1 heterocycles. The molecule has 0 spiro atoms. The molecule has 164 valence electrons. The number of rotatable bonds is 5. The van der Waals surface area contributed by atoms with Gasteiger partial charge in [-0.3, -0.25) is 4.79 Å². The van der Waals surface area contributed by atoms with Crippen molar-refractivity contribution >= 4 is 11.6 Å². The molecule has 0 saturated heterocycles. The fourth-order valence-electron chi connectivity index (χ4n) is 4.97. The van der Waals surface area contributed by atoms with E-state index in [9.17, 15) is 10.0 Å². The predicted molar refractivity (Wildman–Crippen MR) is 123 cm³/mol. The maximum atomic E-state index is 13.7. The minimum atomic E-state index is -0.507. The van der Waals surface area contributed by atoms with E-state index in [1.165, 1.54) is 5.56 Å². The molecule has 2 N–H and O–H groups in total. The monoisotopic (exact) mass is 428 g/mol. The Bertz CT molecular complexity index is 1230. The van der Waals surface area contributed by atoms with E-state index < -0.39 is 5.41 Å². The van der Waals surface area contributed by atoms with E-state index in [2.05, 4.69) is 48.6 Å². The van der Waals surface area contributed by atoms with Crippen molar-refractivity contribution < 1.29 is 14.4 Å².